The second-order valence-electron chi connectivity index (χ2n) is 3.37. The lowest BCUT2D eigenvalue weighted by molar-refractivity contribution is 0.396. The van der Waals surface area contributed by atoms with Crippen LogP contribution in [0.5, 0.6) is 5.75 Å². The average molecular weight is 225 g/mol. The van der Waals surface area contributed by atoms with E-state index in [1.165, 1.54) is 10.7 Å². The predicted octanol–water partition coefficient (Wildman–Crippen LogP) is 1.65. The van der Waals surface area contributed by atoms with Crippen molar-refractivity contribution in [2.24, 2.45) is 7.05 Å². The summed E-state index contributed by atoms with van der Waals surface area (Å²) in [7, 11) is 1.62. The number of anilines is 1. The zero-order valence-electron chi connectivity index (χ0n) is 8.41. The van der Waals surface area contributed by atoms with Crippen LogP contribution >= 0.6 is 0 Å². The van der Waals surface area contributed by atoms with Gasteiger partial charge in [-0.05, 0) is 12.1 Å². The number of aromatic hydroxyl groups is 1. The molecule has 6 heteroatoms. The van der Waals surface area contributed by atoms with Gasteiger partial charge in [-0.1, -0.05) is 0 Å². The number of rotatable bonds is 1. The molecular weight excluding hydrogens is 216 g/mol. The van der Waals surface area contributed by atoms with E-state index in [1.54, 1.807) is 7.05 Å². The number of hydrogen-bond acceptors (Lipinski definition) is 3. The lowest BCUT2D eigenvalue weighted by atomic mass is 10.1. The Balaban J connectivity index is 2.56. The minimum atomic E-state index is -1.03. The molecule has 0 aliphatic rings. The van der Waals surface area contributed by atoms with Crippen molar-refractivity contribution < 1.29 is 13.9 Å². The molecule has 0 radical (unpaired) electrons. The number of hydrogen-bond donors (Lipinski definition) is 2. The standard InChI is InChI=1S/C10H9F2N3O/c1-15-9(13)4-8(14-15)5-2-6(11)10(16)7(12)3-5/h2-4,16H,13H2,1H3. The van der Waals surface area contributed by atoms with Crippen LogP contribution in [0, 0.1) is 11.6 Å². The van der Waals surface area contributed by atoms with Gasteiger partial charge < -0.3 is 10.8 Å². The van der Waals surface area contributed by atoms with Gasteiger partial charge in [0.05, 0.1) is 5.69 Å². The highest BCUT2D eigenvalue weighted by atomic mass is 19.1. The van der Waals surface area contributed by atoms with Crippen molar-refractivity contribution in [1.82, 2.24) is 9.78 Å². The van der Waals surface area contributed by atoms with Crippen LogP contribution in [0.1, 0.15) is 0 Å². The molecule has 16 heavy (non-hydrogen) atoms. The molecule has 2 rings (SSSR count). The molecule has 84 valence electrons. The van der Waals surface area contributed by atoms with Gasteiger partial charge in [0.15, 0.2) is 17.4 Å². The summed E-state index contributed by atoms with van der Waals surface area (Å²) in [5.74, 6) is -2.67. The molecule has 1 aromatic carbocycles. The van der Waals surface area contributed by atoms with Crippen molar-refractivity contribution in [2.75, 3.05) is 5.73 Å². The number of phenolic OH excluding ortho intramolecular Hbond substituents is 1. The first-order valence-corrected chi connectivity index (χ1v) is 4.47. The number of benzene rings is 1. The normalized spacial score (nSPS) is 10.7. The van der Waals surface area contributed by atoms with Crippen molar-refractivity contribution in [3.8, 4) is 17.0 Å². The summed E-state index contributed by atoms with van der Waals surface area (Å²) in [6.07, 6.45) is 0. The molecule has 3 N–H and O–H groups in total. The molecule has 1 aromatic heterocycles. The van der Waals surface area contributed by atoms with Crippen LogP contribution in [0.25, 0.3) is 11.3 Å². The molecule has 0 unspecified atom stereocenters. The summed E-state index contributed by atoms with van der Waals surface area (Å²) in [5, 5.41) is 12.9. The summed E-state index contributed by atoms with van der Waals surface area (Å²) in [5.41, 5.74) is 6.12. The highest BCUT2D eigenvalue weighted by molar-refractivity contribution is 5.63. The summed E-state index contributed by atoms with van der Waals surface area (Å²) in [4.78, 5) is 0. The number of nitrogens with zero attached hydrogens (tertiary/aromatic N) is 2. The monoisotopic (exact) mass is 225 g/mol. The van der Waals surface area contributed by atoms with E-state index in [0.29, 0.717) is 11.5 Å². The average Bonchev–Trinajstić information content (AvgIpc) is 2.55. The highest BCUT2D eigenvalue weighted by Gasteiger charge is 2.13. The molecule has 2 aromatic rings. The number of nitrogens with two attached hydrogens (primary N) is 1. The van der Waals surface area contributed by atoms with Gasteiger partial charge in [0.25, 0.3) is 0 Å². The number of nitrogen functional groups attached to an aromatic ring is 1. The third-order valence-corrected chi connectivity index (χ3v) is 2.23. The molecule has 0 amide bonds. The minimum absolute atomic E-state index is 0.222. The largest absolute Gasteiger partial charge is 0.503 e. The first kappa shape index (κ1) is 10.4. The van der Waals surface area contributed by atoms with Gasteiger partial charge in [-0.15, -0.1) is 0 Å². The first-order chi connectivity index (χ1) is 7.49. The van der Waals surface area contributed by atoms with E-state index >= 15 is 0 Å². The third kappa shape index (κ3) is 1.58. The Morgan fingerprint density at radius 3 is 2.25 bits per heavy atom. The second kappa shape index (κ2) is 3.48. The van der Waals surface area contributed by atoms with Gasteiger partial charge >= 0.3 is 0 Å². The fourth-order valence-electron chi connectivity index (χ4n) is 1.34. The van der Waals surface area contributed by atoms with E-state index in [4.69, 9.17) is 10.8 Å². The zero-order chi connectivity index (χ0) is 11.9. The topological polar surface area (TPSA) is 64.1 Å². The van der Waals surface area contributed by atoms with E-state index in [-0.39, 0.29) is 5.56 Å². The molecule has 4 nitrogen and oxygen atoms in total. The van der Waals surface area contributed by atoms with Crippen molar-refractivity contribution in [3.63, 3.8) is 0 Å². The molecule has 1 heterocycles. The van der Waals surface area contributed by atoms with Gasteiger partial charge in [-0.25, -0.2) is 8.78 Å². The maximum atomic E-state index is 13.1. The smallest absolute Gasteiger partial charge is 0.187 e. The van der Waals surface area contributed by atoms with Gasteiger partial charge in [-0.2, -0.15) is 5.10 Å². The van der Waals surface area contributed by atoms with E-state index in [9.17, 15) is 8.78 Å². The second-order valence-corrected chi connectivity index (χ2v) is 3.37. The van der Waals surface area contributed by atoms with Crippen molar-refractivity contribution in [3.05, 3.63) is 29.8 Å². The number of aromatic nitrogens is 2. The minimum Gasteiger partial charge on any atom is -0.503 e. The number of phenols is 1. The summed E-state index contributed by atoms with van der Waals surface area (Å²) in [6.45, 7) is 0. The van der Waals surface area contributed by atoms with Gasteiger partial charge in [0.2, 0.25) is 0 Å². The lowest BCUT2D eigenvalue weighted by Crippen LogP contribution is -1.96. The van der Waals surface area contributed by atoms with Crippen LogP contribution in [0.15, 0.2) is 18.2 Å². The molecule has 0 atom stereocenters. The van der Waals surface area contributed by atoms with E-state index < -0.39 is 17.4 Å². The SMILES string of the molecule is Cn1nc(-c2cc(F)c(O)c(F)c2)cc1N. The number of aryl methyl sites for hydroxylation is 1. The molecule has 0 fully saturated rings. The third-order valence-electron chi connectivity index (χ3n) is 2.23. The molecule has 0 bridgehead atoms. The molecule has 0 saturated heterocycles. The maximum Gasteiger partial charge on any atom is 0.187 e. The Morgan fingerprint density at radius 1 is 1.25 bits per heavy atom. The Morgan fingerprint density at radius 2 is 1.81 bits per heavy atom. The van der Waals surface area contributed by atoms with Crippen LogP contribution in [0.4, 0.5) is 14.6 Å². The summed E-state index contributed by atoms with van der Waals surface area (Å²) in [6, 6.07) is 3.49. The van der Waals surface area contributed by atoms with Gasteiger partial charge in [-0.3, -0.25) is 4.68 Å². The van der Waals surface area contributed by atoms with E-state index in [2.05, 4.69) is 5.10 Å². The van der Waals surface area contributed by atoms with Gasteiger partial charge in [0, 0.05) is 18.7 Å². The number of halogens is 2. The fourth-order valence-corrected chi connectivity index (χ4v) is 1.34. The van der Waals surface area contributed by atoms with E-state index in [1.807, 2.05) is 0 Å². The Kier molecular flexibility index (Phi) is 2.26. The summed E-state index contributed by atoms with van der Waals surface area (Å²) >= 11 is 0. The molecule has 0 spiro atoms. The molecule has 0 aliphatic heterocycles. The van der Waals surface area contributed by atoms with Crippen LogP contribution < -0.4 is 5.73 Å². The molecule has 0 saturated carbocycles. The predicted molar refractivity (Wildman–Crippen MR) is 54.6 cm³/mol. The van der Waals surface area contributed by atoms with Gasteiger partial charge in [0.1, 0.15) is 5.82 Å². The van der Waals surface area contributed by atoms with Crippen LogP contribution in [-0.4, -0.2) is 14.9 Å². The summed E-state index contributed by atoms with van der Waals surface area (Å²) < 4.78 is 27.5. The molecular formula is C10H9F2N3O. The Hall–Kier alpha value is -2.11. The fraction of sp³-hybridized carbons (Fsp3) is 0.100. The Bertz CT molecular complexity index is 508. The van der Waals surface area contributed by atoms with E-state index in [0.717, 1.165) is 12.1 Å². The van der Waals surface area contributed by atoms with Crippen molar-refractivity contribution >= 4 is 5.82 Å². The Labute approximate surface area is 89.9 Å². The maximum absolute atomic E-state index is 13.1. The van der Waals surface area contributed by atoms with Crippen LogP contribution in [-0.2, 0) is 7.05 Å². The van der Waals surface area contributed by atoms with Crippen molar-refractivity contribution in [1.29, 1.82) is 0 Å². The highest BCUT2D eigenvalue weighted by Crippen LogP contribution is 2.27. The van der Waals surface area contributed by atoms with Crippen LogP contribution in [0.2, 0.25) is 0 Å². The zero-order valence-corrected chi connectivity index (χ0v) is 8.41. The first-order valence-electron chi connectivity index (χ1n) is 4.47. The van der Waals surface area contributed by atoms with Crippen LogP contribution in [0.3, 0.4) is 0 Å². The quantitative estimate of drug-likeness (QED) is 0.775. The van der Waals surface area contributed by atoms with Crippen molar-refractivity contribution in [2.45, 2.75) is 0 Å². The molecule has 0 aliphatic carbocycles. The lowest BCUT2D eigenvalue weighted by Gasteiger charge is -2.00.